The van der Waals surface area contributed by atoms with Crippen LogP contribution in [0.4, 0.5) is 0 Å². The average Bonchev–Trinajstić information content (AvgIpc) is 3.47. The molecule has 1 aromatic rings. The molecule has 2 fully saturated rings. The molecule has 31 heavy (non-hydrogen) atoms. The summed E-state index contributed by atoms with van der Waals surface area (Å²) in [5.74, 6) is 2.28. The van der Waals surface area contributed by atoms with Crippen LogP contribution in [0.3, 0.4) is 0 Å². The minimum Gasteiger partial charge on any atom is -0.463 e. The molecular weight excluding hydrogens is 399 g/mol. The summed E-state index contributed by atoms with van der Waals surface area (Å²) in [6, 6.07) is 0.221. The molecule has 0 saturated carbocycles. The Balaban J connectivity index is 1.50. The predicted octanol–water partition coefficient (Wildman–Crippen LogP) is -2.02. The van der Waals surface area contributed by atoms with E-state index in [4.69, 9.17) is 30.1 Å². The third kappa shape index (κ3) is 6.84. The van der Waals surface area contributed by atoms with E-state index in [0.29, 0.717) is 19.6 Å². The Labute approximate surface area is 185 Å². The summed E-state index contributed by atoms with van der Waals surface area (Å²) in [7, 11) is 5.01. The number of carbonyl (C=O) groups excluding carboxylic acids is 1. The number of nitrogens with zero attached hydrogens (tertiary/aromatic N) is 3. The molecule has 0 radical (unpaired) electrons. The van der Waals surface area contributed by atoms with Gasteiger partial charge >= 0.3 is 5.97 Å². The van der Waals surface area contributed by atoms with Gasteiger partial charge in [0.2, 0.25) is 0 Å². The van der Waals surface area contributed by atoms with Crippen molar-refractivity contribution < 1.29 is 28.5 Å². The number of esters is 1. The molecule has 166 valence electrons. The first-order chi connectivity index (χ1) is 15.0. The fraction of sp³-hybridized carbons (Fsp3) is 0.737. The van der Waals surface area contributed by atoms with Crippen molar-refractivity contribution in [3.05, 3.63) is 11.9 Å². The molecule has 3 heterocycles. The van der Waals surface area contributed by atoms with E-state index in [2.05, 4.69) is 24.0 Å². The lowest BCUT2D eigenvalue weighted by Crippen LogP contribution is -2.30. The second-order valence-corrected chi connectivity index (χ2v) is 8.03. The number of carbonyl (C=O) groups is 1. The molecule has 0 spiro atoms. The molecular formula is C19H30B3N3O6. The quantitative estimate of drug-likeness (QED) is 0.226. The van der Waals surface area contributed by atoms with E-state index >= 15 is 0 Å². The number of terminal acetylenes is 1. The molecule has 2 saturated heterocycles. The normalized spacial score (nSPS) is 30.2. The van der Waals surface area contributed by atoms with Crippen LogP contribution in [0.1, 0.15) is 31.9 Å². The van der Waals surface area contributed by atoms with Crippen molar-refractivity contribution in [2.24, 2.45) is 0 Å². The van der Waals surface area contributed by atoms with Crippen molar-refractivity contribution in [2.45, 2.75) is 75.8 Å². The van der Waals surface area contributed by atoms with Crippen LogP contribution in [-0.4, -0.2) is 93.4 Å². The minimum atomic E-state index is -0.271. The van der Waals surface area contributed by atoms with E-state index in [-0.39, 0.29) is 55.6 Å². The summed E-state index contributed by atoms with van der Waals surface area (Å²) < 4.78 is 30.7. The van der Waals surface area contributed by atoms with Gasteiger partial charge in [0.1, 0.15) is 46.1 Å². The highest BCUT2D eigenvalue weighted by atomic mass is 16.6. The van der Waals surface area contributed by atoms with Crippen LogP contribution in [0.25, 0.3) is 0 Å². The SMILES string of the molecule is BBC1CC(OCC#C)C(Cn2cc(COC3CC(B)OC3COC(=O)CC)nn2)O1. The van der Waals surface area contributed by atoms with Crippen LogP contribution >= 0.6 is 0 Å². The van der Waals surface area contributed by atoms with Crippen molar-refractivity contribution in [3.8, 4) is 12.3 Å². The maximum Gasteiger partial charge on any atom is 0.305 e. The maximum atomic E-state index is 11.4. The lowest BCUT2D eigenvalue weighted by Gasteiger charge is -2.18. The maximum absolute atomic E-state index is 11.4. The van der Waals surface area contributed by atoms with Gasteiger partial charge in [0.05, 0.1) is 39.3 Å². The lowest BCUT2D eigenvalue weighted by molar-refractivity contribution is -0.149. The molecule has 2 aliphatic rings. The second kappa shape index (κ2) is 11.7. The molecule has 9 nitrogen and oxygen atoms in total. The third-order valence-electron chi connectivity index (χ3n) is 5.59. The lowest BCUT2D eigenvalue weighted by atomic mass is 9.51. The van der Waals surface area contributed by atoms with Crippen LogP contribution in [0.2, 0.25) is 0 Å². The van der Waals surface area contributed by atoms with Gasteiger partial charge in [-0.1, -0.05) is 18.1 Å². The fourth-order valence-electron chi connectivity index (χ4n) is 3.95. The summed E-state index contributed by atoms with van der Waals surface area (Å²) >= 11 is 0. The standard InChI is InChI=1S/C19H30B3N3O6/c1-3-5-27-14-7-18(22-21)31-15(14)9-25-8-12(23-24-25)10-28-13-6-17(20)30-16(13)11-29-19(26)4-2/h1,8,13-18,22H,4-7,9-11,20-21H2,2H3. The van der Waals surface area contributed by atoms with Crippen LogP contribution < -0.4 is 0 Å². The molecule has 6 atom stereocenters. The van der Waals surface area contributed by atoms with E-state index in [0.717, 1.165) is 25.7 Å². The van der Waals surface area contributed by atoms with Gasteiger partial charge < -0.3 is 23.7 Å². The molecule has 0 aromatic carbocycles. The second-order valence-electron chi connectivity index (χ2n) is 8.03. The highest BCUT2D eigenvalue weighted by Crippen LogP contribution is 2.25. The van der Waals surface area contributed by atoms with Gasteiger partial charge in [0, 0.05) is 18.4 Å². The number of ether oxygens (including phenoxy) is 5. The van der Waals surface area contributed by atoms with E-state index in [9.17, 15) is 4.79 Å². The fourth-order valence-corrected chi connectivity index (χ4v) is 3.95. The zero-order valence-electron chi connectivity index (χ0n) is 18.6. The summed E-state index contributed by atoms with van der Waals surface area (Å²) in [5.41, 5.74) is 0.718. The summed E-state index contributed by atoms with van der Waals surface area (Å²) in [5, 5.41) is 8.42. The van der Waals surface area contributed by atoms with Crippen molar-refractivity contribution in [1.82, 2.24) is 15.0 Å². The van der Waals surface area contributed by atoms with Crippen LogP contribution in [-0.2, 0) is 41.6 Å². The molecule has 1 aromatic heterocycles. The monoisotopic (exact) mass is 429 g/mol. The van der Waals surface area contributed by atoms with Crippen molar-refractivity contribution in [2.75, 3.05) is 13.2 Å². The molecule has 0 aliphatic carbocycles. The van der Waals surface area contributed by atoms with Gasteiger partial charge in [0.15, 0.2) is 0 Å². The topological polar surface area (TPSA) is 93.9 Å². The van der Waals surface area contributed by atoms with Crippen LogP contribution in [0.15, 0.2) is 6.20 Å². The summed E-state index contributed by atoms with van der Waals surface area (Å²) in [6.07, 6.45) is 8.50. The molecule has 0 N–H and O–H groups in total. The van der Waals surface area contributed by atoms with Gasteiger partial charge in [-0.05, 0) is 12.8 Å². The van der Waals surface area contributed by atoms with Gasteiger partial charge in [-0.2, -0.15) is 0 Å². The zero-order valence-corrected chi connectivity index (χ0v) is 18.6. The first-order valence-electron chi connectivity index (χ1n) is 11.0. The molecule has 12 heteroatoms. The van der Waals surface area contributed by atoms with Gasteiger partial charge in [0.25, 0.3) is 0 Å². The molecule has 6 unspecified atom stereocenters. The Morgan fingerprint density at radius 2 is 2.16 bits per heavy atom. The Bertz CT molecular complexity index is 760. The Morgan fingerprint density at radius 3 is 2.90 bits per heavy atom. The predicted molar refractivity (Wildman–Crippen MR) is 119 cm³/mol. The van der Waals surface area contributed by atoms with E-state index in [1.54, 1.807) is 11.6 Å². The number of hydrogen-bond donors (Lipinski definition) is 0. The van der Waals surface area contributed by atoms with Gasteiger partial charge in [-0.3, -0.25) is 4.79 Å². The highest BCUT2D eigenvalue weighted by Gasteiger charge is 2.36. The first-order valence-corrected chi connectivity index (χ1v) is 11.0. The molecule has 0 amide bonds. The molecule has 3 rings (SSSR count). The number of rotatable bonds is 11. The molecule has 2 aliphatic heterocycles. The van der Waals surface area contributed by atoms with Crippen LogP contribution in [0.5, 0.6) is 0 Å². The zero-order chi connectivity index (χ0) is 22.2. The highest BCUT2D eigenvalue weighted by molar-refractivity contribution is 6.90. The van der Waals surface area contributed by atoms with E-state index in [1.807, 2.05) is 14.0 Å². The first kappa shape index (κ1) is 23.9. The number of hydrogen-bond acceptors (Lipinski definition) is 8. The minimum absolute atomic E-state index is 0.0476. The third-order valence-corrected chi connectivity index (χ3v) is 5.59. The molecule has 0 bridgehead atoms. The smallest absolute Gasteiger partial charge is 0.305 e. The van der Waals surface area contributed by atoms with E-state index < -0.39 is 0 Å². The van der Waals surface area contributed by atoms with Crippen molar-refractivity contribution in [1.29, 1.82) is 0 Å². The van der Waals surface area contributed by atoms with Crippen LogP contribution in [0, 0.1) is 12.3 Å². The largest absolute Gasteiger partial charge is 0.463 e. The Morgan fingerprint density at radius 1 is 1.35 bits per heavy atom. The van der Waals surface area contributed by atoms with Gasteiger partial charge in [-0.15, -0.1) is 11.5 Å². The van der Waals surface area contributed by atoms with Crippen molar-refractivity contribution >= 4 is 28.7 Å². The summed E-state index contributed by atoms with van der Waals surface area (Å²) in [4.78, 5) is 11.4. The van der Waals surface area contributed by atoms with Gasteiger partial charge in [-0.25, -0.2) is 4.68 Å². The Kier molecular flexibility index (Phi) is 9.02. The average molecular weight is 429 g/mol. The van der Waals surface area contributed by atoms with E-state index in [1.165, 1.54) is 0 Å². The number of aromatic nitrogens is 3. The Hall–Kier alpha value is -1.80. The van der Waals surface area contributed by atoms with Crippen molar-refractivity contribution in [3.63, 3.8) is 0 Å². The summed E-state index contributed by atoms with van der Waals surface area (Å²) in [6.45, 7) is 3.08.